The minimum absolute atomic E-state index is 0.625. The number of ether oxygens (including phenoxy) is 1. The Morgan fingerprint density at radius 2 is 1.43 bits per heavy atom. The van der Waals surface area contributed by atoms with Crippen molar-refractivity contribution < 1.29 is 24.6 Å². The lowest BCUT2D eigenvalue weighted by molar-refractivity contribution is -0.441. The molecule has 11 heteroatoms. The van der Waals surface area contributed by atoms with Gasteiger partial charge in [0.1, 0.15) is 0 Å². The van der Waals surface area contributed by atoms with Gasteiger partial charge in [0.15, 0.2) is 0 Å². The van der Waals surface area contributed by atoms with E-state index >= 15 is 0 Å². The fourth-order valence-electron chi connectivity index (χ4n) is 1.27. The lowest BCUT2D eigenvalue weighted by atomic mass is 10.2. The average Bonchev–Trinajstić information content (AvgIpc) is 2.38. The van der Waals surface area contributed by atoms with Crippen molar-refractivity contribution in [2.75, 3.05) is 13.2 Å². The Balaban J connectivity index is 0.000000690. The molecule has 0 saturated heterocycles. The molecular weight excluding hydrogens is 290 g/mol. The number of aromatic hydroxyl groups is 1. The van der Waals surface area contributed by atoms with Crippen LogP contribution in [0.25, 0.3) is 0 Å². The van der Waals surface area contributed by atoms with Gasteiger partial charge in [-0.25, -0.2) is 0 Å². The highest BCUT2D eigenvalue weighted by Crippen LogP contribution is 2.41. The van der Waals surface area contributed by atoms with E-state index in [0.717, 1.165) is 13.2 Å². The highest BCUT2D eigenvalue weighted by molar-refractivity contribution is 5.71. The van der Waals surface area contributed by atoms with E-state index in [9.17, 15) is 30.3 Å². The minimum atomic E-state index is -1.34. The first-order chi connectivity index (χ1) is 9.77. The van der Waals surface area contributed by atoms with Crippen LogP contribution in [0.15, 0.2) is 12.1 Å². The normalized spacial score (nSPS) is 9.43. The van der Waals surface area contributed by atoms with Gasteiger partial charge in [0.25, 0.3) is 0 Å². The monoisotopic (exact) mass is 303 g/mol. The summed E-state index contributed by atoms with van der Waals surface area (Å²) >= 11 is 0. The molecule has 0 radical (unpaired) electrons. The minimum Gasteiger partial charge on any atom is -0.502 e. The van der Waals surface area contributed by atoms with Crippen molar-refractivity contribution in [1.82, 2.24) is 0 Å². The second-order valence-corrected chi connectivity index (χ2v) is 3.35. The molecule has 21 heavy (non-hydrogen) atoms. The summed E-state index contributed by atoms with van der Waals surface area (Å²) in [5, 5.41) is 40.4. The van der Waals surface area contributed by atoms with E-state index < -0.39 is 37.6 Å². The van der Waals surface area contributed by atoms with Crippen molar-refractivity contribution >= 4 is 17.1 Å². The number of hydrogen-bond donors (Lipinski definition) is 1. The highest BCUT2D eigenvalue weighted by Gasteiger charge is 2.38. The Hall–Kier alpha value is -2.82. The molecule has 0 aliphatic rings. The van der Waals surface area contributed by atoms with Crippen LogP contribution in [-0.4, -0.2) is 33.1 Å². The van der Waals surface area contributed by atoms with Gasteiger partial charge in [0.05, 0.1) is 14.8 Å². The maximum Gasteiger partial charge on any atom is 0.426 e. The van der Waals surface area contributed by atoms with E-state index in [-0.39, 0.29) is 0 Å². The zero-order valence-electron chi connectivity index (χ0n) is 11.2. The molecule has 1 aromatic carbocycles. The van der Waals surface area contributed by atoms with Crippen LogP contribution in [0.5, 0.6) is 5.75 Å². The third kappa shape index (κ3) is 4.99. The molecule has 1 aromatic rings. The predicted octanol–water partition coefficient (Wildman–Crippen LogP) is 2.16. The highest BCUT2D eigenvalue weighted by atomic mass is 16.6. The number of nitro groups is 3. The molecule has 1 rings (SSSR count). The van der Waals surface area contributed by atoms with Gasteiger partial charge in [-0.05, 0) is 19.9 Å². The molecule has 0 aromatic heterocycles. The molecule has 0 fully saturated rings. The SMILES string of the molecule is CCOCC.O=[N+]([O-])c1ccc(O)c([N+](=O)[O-])c1[N+](=O)[O-]. The summed E-state index contributed by atoms with van der Waals surface area (Å²) < 4.78 is 4.83. The molecule has 0 aliphatic heterocycles. The molecule has 0 atom stereocenters. The summed E-state index contributed by atoms with van der Waals surface area (Å²) in [6, 6.07) is 1.28. The molecule has 116 valence electrons. The van der Waals surface area contributed by atoms with Crippen molar-refractivity contribution in [3.8, 4) is 5.75 Å². The van der Waals surface area contributed by atoms with Gasteiger partial charge in [-0.3, -0.25) is 30.3 Å². The first-order valence-corrected chi connectivity index (χ1v) is 5.64. The van der Waals surface area contributed by atoms with Crippen LogP contribution in [-0.2, 0) is 4.74 Å². The molecule has 0 saturated carbocycles. The van der Waals surface area contributed by atoms with Crippen LogP contribution in [0.2, 0.25) is 0 Å². The Bertz CT molecular complexity index is 543. The molecule has 0 amide bonds. The summed E-state index contributed by atoms with van der Waals surface area (Å²) in [6.07, 6.45) is 0. The number of benzene rings is 1. The van der Waals surface area contributed by atoms with Crippen LogP contribution in [0, 0.1) is 30.3 Å². The van der Waals surface area contributed by atoms with Crippen LogP contribution in [0.4, 0.5) is 17.1 Å². The topological polar surface area (TPSA) is 159 Å². The van der Waals surface area contributed by atoms with Crippen molar-refractivity contribution in [3.63, 3.8) is 0 Å². The second-order valence-electron chi connectivity index (χ2n) is 3.35. The number of phenols is 1. The number of rotatable bonds is 5. The maximum atomic E-state index is 10.5. The fourth-order valence-corrected chi connectivity index (χ4v) is 1.27. The lowest BCUT2D eigenvalue weighted by Crippen LogP contribution is -2.01. The molecule has 1 N–H and O–H groups in total. The van der Waals surface area contributed by atoms with E-state index in [1.807, 2.05) is 13.8 Å². The molecule has 0 unspecified atom stereocenters. The van der Waals surface area contributed by atoms with Gasteiger partial charge < -0.3 is 9.84 Å². The van der Waals surface area contributed by atoms with E-state index in [1.165, 1.54) is 0 Å². The largest absolute Gasteiger partial charge is 0.502 e. The van der Waals surface area contributed by atoms with Gasteiger partial charge in [-0.15, -0.1) is 0 Å². The summed E-state index contributed by atoms with van der Waals surface area (Å²) in [6.45, 7) is 5.67. The summed E-state index contributed by atoms with van der Waals surface area (Å²) in [4.78, 5) is 27.7. The number of hydrogen-bond acceptors (Lipinski definition) is 8. The van der Waals surface area contributed by atoms with Crippen molar-refractivity contribution in [2.24, 2.45) is 0 Å². The summed E-state index contributed by atoms with van der Waals surface area (Å²) in [7, 11) is 0. The van der Waals surface area contributed by atoms with Gasteiger partial charge in [0, 0.05) is 19.3 Å². The molecule has 0 bridgehead atoms. The van der Waals surface area contributed by atoms with Gasteiger partial charge in [0.2, 0.25) is 5.75 Å². The van der Waals surface area contributed by atoms with E-state index in [4.69, 9.17) is 9.84 Å². The second kappa shape index (κ2) is 8.37. The Morgan fingerprint density at radius 1 is 0.952 bits per heavy atom. The van der Waals surface area contributed by atoms with Crippen LogP contribution in [0.1, 0.15) is 13.8 Å². The third-order valence-electron chi connectivity index (χ3n) is 2.08. The maximum absolute atomic E-state index is 10.5. The molecule has 0 heterocycles. The average molecular weight is 303 g/mol. The van der Waals surface area contributed by atoms with Crippen LogP contribution in [0.3, 0.4) is 0 Å². The summed E-state index contributed by atoms with van der Waals surface area (Å²) in [5.41, 5.74) is -3.68. The number of phenolic OH excluding ortho intramolecular Hbond substituents is 1. The zero-order chi connectivity index (χ0) is 16.6. The van der Waals surface area contributed by atoms with Crippen LogP contribution < -0.4 is 0 Å². The first-order valence-electron chi connectivity index (χ1n) is 5.64. The molecule has 11 nitrogen and oxygen atoms in total. The number of nitrogens with zero attached hydrogens (tertiary/aromatic N) is 3. The van der Waals surface area contributed by atoms with E-state index in [0.29, 0.717) is 12.1 Å². The molecular formula is C10H13N3O8. The third-order valence-corrected chi connectivity index (χ3v) is 2.08. The Kier molecular flexibility index (Phi) is 7.25. The standard InChI is InChI=1S/C6H3N3O7.C4H10O/c10-4-2-1-3(7(11)12)5(8(13)14)6(4)9(15)16;1-3-5-4-2/h1-2,10H;3-4H2,1-2H3. The first kappa shape index (κ1) is 18.2. The van der Waals surface area contributed by atoms with Crippen molar-refractivity contribution in [2.45, 2.75) is 13.8 Å². The van der Waals surface area contributed by atoms with Gasteiger partial charge in [-0.2, -0.15) is 0 Å². The molecule has 0 spiro atoms. The van der Waals surface area contributed by atoms with Gasteiger partial charge in [-0.1, -0.05) is 0 Å². The quantitative estimate of drug-likeness (QED) is 0.639. The van der Waals surface area contributed by atoms with E-state index in [2.05, 4.69) is 0 Å². The van der Waals surface area contributed by atoms with Crippen LogP contribution >= 0.6 is 0 Å². The fraction of sp³-hybridized carbons (Fsp3) is 0.400. The van der Waals surface area contributed by atoms with Gasteiger partial charge >= 0.3 is 17.1 Å². The predicted molar refractivity (Wildman–Crippen MR) is 70.2 cm³/mol. The zero-order valence-corrected chi connectivity index (χ0v) is 11.2. The smallest absolute Gasteiger partial charge is 0.426 e. The summed E-state index contributed by atoms with van der Waals surface area (Å²) in [5.74, 6) is -0.998. The molecule has 0 aliphatic carbocycles. The number of nitro benzene ring substituents is 3. The van der Waals surface area contributed by atoms with E-state index in [1.54, 1.807) is 0 Å². The lowest BCUT2D eigenvalue weighted by Gasteiger charge is -1.98. The Labute approximate surface area is 118 Å². The van der Waals surface area contributed by atoms with Crippen molar-refractivity contribution in [3.05, 3.63) is 42.5 Å². The van der Waals surface area contributed by atoms with Crippen molar-refractivity contribution in [1.29, 1.82) is 0 Å². The Morgan fingerprint density at radius 3 is 1.71 bits per heavy atom.